The number of nitrogens with zero attached hydrogens (tertiary/aromatic N) is 1. The maximum Gasteiger partial charge on any atom is 0.417 e. The Morgan fingerprint density at radius 2 is 1.38 bits per heavy atom. The van der Waals surface area contributed by atoms with Crippen molar-refractivity contribution in [3.05, 3.63) is 108 Å². The van der Waals surface area contributed by atoms with Gasteiger partial charge in [-0.25, -0.2) is 14.5 Å². The Morgan fingerprint density at radius 3 is 1.94 bits per heavy atom. The summed E-state index contributed by atoms with van der Waals surface area (Å²) in [6.07, 6.45) is -0.685. The Labute approximate surface area is 199 Å². The minimum absolute atomic E-state index is 0.0102. The fourth-order valence-corrected chi connectivity index (χ4v) is 4.06. The van der Waals surface area contributed by atoms with E-state index < -0.39 is 30.1 Å². The van der Waals surface area contributed by atoms with Gasteiger partial charge in [0.25, 0.3) is 0 Å². The fourth-order valence-electron chi connectivity index (χ4n) is 4.06. The summed E-state index contributed by atoms with van der Waals surface area (Å²) in [5.74, 6) is -1.44. The summed E-state index contributed by atoms with van der Waals surface area (Å²) in [7, 11) is 0. The quantitative estimate of drug-likeness (QED) is 0.471. The number of piperidine rings is 1. The lowest BCUT2D eigenvalue weighted by Crippen LogP contribution is -2.54. The third-order valence-electron chi connectivity index (χ3n) is 5.96. The lowest BCUT2D eigenvalue weighted by atomic mass is 9.93. The number of likely N-dealkylation sites (tertiary alicyclic amines) is 1. The van der Waals surface area contributed by atoms with Gasteiger partial charge in [0.15, 0.2) is 6.10 Å². The van der Waals surface area contributed by atoms with Crippen molar-refractivity contribution >= 4 is 18.0 Å². The molecule has 3 aromatic carbocycles. The number of hydrogen-bond donors (Lipinski definition) is 0. The first-order chi connectivity index (χ1) is 16.5. The molecule has 0 aliphatic carbocycles. The molecular weight excluding hydrogens is 430 g/mol. The van der Waals surface area contributed by atoms with Crippen molar-refractivity contribution in [1.82, 2.24) is 4.90 Å². The first-order valence-corrected chi connectivity index (χ1v) is 11.4. The van der Waals surface area contributed by atoms with Crippen LogP contribution < -0.4 is 0 Å². The number of carbonyl (C=O) groups is 3. The standard InChI is InChI=1S/C28H27NO5/c1-20-17-18-24(29(26(20)30)28(32)33-19-21-11-5-2-6-12-21)27(31)34-25(22-13-7-3-8-14-22)23-15-9-4-10-16-23/h2-16,20,24-25H,17-19H2,1H3/t20-,24-/m0/s1. The summed E-state index contributed by atoms with van der Waals surface area (Å²) in [5.41, 5.74) is 2.40. The van der Waals surface area contributed by atoms with E-state index in [9.17, 15) is 14.4 Å². The number of benzene rings is 3. The number of amides is 2. The van der Waals surface area contributed by atoms with Crippen LogP contribution in [0.25, 0.3) is 0 Å². The second-order valence-corrected chi connectivity index (χ2v) is 8.38. The average Bonchev–Trinajstić information content (AvgIpc) is 2.88. The molecule has 4 rings (SSSR count). The molecule has 1 fully saturated rings. The molecule has 1 heterocycles. The topological polar surface area (TPSA) is 72.9 Å². The van der Waals surface area contributed by atoms with E-state index in [2.05, 4.69) is 0 Å². The van der Waals surface area contributed by atoms with Crippen LogP contribution in [0, 0.1) is 5.92 Å². The molecule has 1 aliphatic heterocycles. The minimum Gasteiger partial charge on any atom is -0.451 e. The number of imide groups is 1. The molecule has 2 atom stereocenters. The van der Waals surface area contributed by atoms with Crippen LogP contribution >= 0.6 is 0 Å². The number of ether oxygens (including phenoxy) is 2. The van der Waals surface area contributed by atoms with Gasteiger partial charge < -0.3 is 9.47 Å². The molecule has 0 unspecified atom stereocenters. The van der Waals surface area contributed by atoms with Crippen LogP contribution in [-0.4, -0.2) is 28.9 Å². The van der Waals surface area contributed by atoms with Gasteiger partial charge in [-0.05, 0) is 29.5 Å². The first kappa shape index (κ1) is 23.2. The number of hydrogen-bond acceptors (Lipinski definition) is 5. The maximum atomic E-state index is 13.4. The molecule has 0 saturated carbocycles. The van der Waals surface area contributed by atoms with Crippen LogP contribution in [0.2, 0.25) is 0 Å². The Hall–Kier alpha value is -3.93. The molecule has 6 heteroatoms. The zero-order chi connectivity index (χ0) is 23.9. The van der Waals surface area contributed by atoms with Crippen LogP contribution in [0.1, 0.15) is 42.6 Å². The SMILES string of the molecule is C[C@H]1CC[C@@H](C(=O)OC(c2ccccc2)c2ccccc2)N(C(=O)OCc2ccccc2)C1=O. The number of esters is 1. The molecule has 174 valence electrons. The van der Waals surface area contributed by atoms with E-state index in [0.29, 0.717) is 12.8 Å². The molecule has 1 saturated heterocycles. The molecule has 0 N–H and O–H groups in total. The Morgan fingerprint density at radius 1 is 0.853 bits per heavy atom. The van der Waals surface area contributed by atoms with Crippen LogP contribution in [-0.2, 0) is 25.7 Å². The van der Waals surface area contributed by atoms with E-state index in [4.69, 9.17) is 9.47 Å². The second kappa shape index (κ2) is 10.8. The van der Waals surface area contributed by atoms with Crippen molar-refractivity contribution in [3.8, 4) is 0 Å². The number of rotatable bonds is 6. The highest BCUT2D eigenvalue weighted by Crippen LogP contribution is 2.30. The van der Waals surface area contributed by atoms with Crippen LogP contribution in [0.15, 0.2) is 91.0 Å². The zero-order valence-electron chi connectivity index (χ0n) is 19.0. The van der Waals surface area contributed by atoms with Crippen molar-refractivity contribution < 1.29 is 23.9 Å². The van der Waals surface area contributed by atoms with Crippen LogP contribution in [0.4, 0.5) is 4.79 Å². The number of carbonyl (C=O) groups excluding carboxylic acids is 3. The molecule has 2 amide bonds. The molecular formula is C28H27NO5. The Kier molecular flexibility index (Phi) is 7.38. The van der Waals surface area contributed by atoms with Gasteiger partial charge in [0.1, 0.15) is 12.6 Å². The van der Waals surface area contributed by atoms with Gasteiger partial charge >= 0.3 is 12.1 Å². The third kappa shape index (κ3) is 5.34. The highest BCUT2D eigenvalue weighted by atomic mass is 16.6. The fraction of sp³-hybridized carbons (Fsp3) is 0.250. The molecule has 6 nitrogen and oxygen atoms in total. The highest BCUT2D eigenvalue weighted by molar-refractivity contribution is 5.98. The van der Waals surface area contributed by atoms with Crippen molar-refractivity contribution in [3.63, 3.8) is 0 Å². The van der Waals surface area contributed by atoms with Gasteiger partial charge in [-0.3, -0.25) is 4.79 Å². The van der Waals surface area contributed by atoms with E-state index in [1.807, 2.05) is 91.0 Å². The summed E-state index contributed by atoms with van der Waals surface area (Å²) >= 11 is 0. The summed E-state index contributed by atoms with van der Waals surface area (Å²) in [5, 5.41) is 0. The van der Waals surface area contributed by atoms with Gasteiger partial charge in [-0.2, -0.15) is 0 Å². The molecule has 0 spiro atoms. The molecule has 1 aliphatic rings. The van der Waals surface area contributed by atoms with Crippen molar-refractivity contribution in [2.24, 2.45) is 5.92 Å². The summed E-state index contributed by atoms with van der Waals surface area (Å²) in [4.78, 5) is 40.2. The molecule has 3 aromatic rings. The van der Waals surface area contributed by atoms with Gasteiger partial charge in [0.2, 0.25) is 5.91 Å². The molecule has 0 aromatic heterocycles. The Bertz CT molecular complexity index is 1080. The van der Waals surface area contributed by atoms with E-state index in [1.54, 1.807) is 6.92 Å². The van der Waals surface area contributed by atoms with Gasteiger partial charge in [0, 0.05) is 5.92 Å². The van der Waals surface area contributed by atoms with Crippen LogP contribution in [0.5, 0.6) is 0 Å². The predicted molar refractivity (Wildman–Crippen MR) is 126 cm³/mol. The lowest BCUT2D eigenvalue weighted by Gasteiger charge is -2.35. The summed E-state index contributed by atoms with van der Waals surface area (Å²) in [6, 6.07) is 26.9. The third-order valence-corrected chi connectivity index (χ3v) is 5.96. The van der Waals surface area contributed by atoms with E-state index in [0.717, 1.165) is 21.6 Å². The van der Waals surface area contributed by atoms with Crippen LogP contribution in [0.3, 0.4) is 0 Å². The van der Waals surface area contributed by atoms with Gasteiger partial charge in [0.05, 0.1) is 0 Å². The van der Waals surface area contributed by atoms with Crippen molar-refractivity contribution in [1.29, 1.82) is 0 Å². The van der Waals surface area contributed by atoms with E-state index in [-0.39, 0.29) is 12.5 Å². The Balaban J connectivity index is 1.55. The minimum atomic E-state index is -1.04. The highest BCUT2D eigenvalue weighted by Gasteiger charge is 2.43. The first-order valence-electron chi connectivity index (χ1n) is 11.4. The van der Waals surface area contributed by atoms with Gasteiger partial charge in [-0.1, -0.05) is 97.9 Å². The average molecular weight is 458 g/mol. The zero-order valence-corrected chi connectivity index (χ0v) is 19.0. The predicted octanol–water partition coefficient (Wildman–Crippen LogP) is 5.28. The largest absolute Gasteiger partial charge is 0.451 e. The van der Waals surface area contributed by atoms with Gasteiger partial charge in [-0.15, -0.1) is 0 Å². The van der Waals surface area contributed by atoms with Crippen molar-refractivity contribution in [2.45, 2.75) is 38.5 Å². The van der Waals surface area contributed by atoms with Crippen molar-refractivity contribution in [2.75, 3.05) is 0 Å². The maximum absolute atomic E-state index is 13.4. The molecule has 34 heavy (non-hydrogen) atoms. The monoisotopic (exact) mass is 457 g/mol. The summed E-state index contributed by atoms with van der Waals surface area (Å²) < 4.78 is 11.3. The van der Waals surface area contributed by atoms with E-state index in [1.165, 1.54) is 0 Å². The molecule has 0 radical (unpaired) electrons. The van der Waals surface area contributed by atoms with E-state index >= 15 is 0 Å². The second-order valence-electron chi connectivity index (χ2n) is 8.38. The molecule has 0 bridgehead atoms. The summed E-state index contributed by atoms with van der Waals surface area (Å²) in [6.45, 7) is 1.76. The smallest absolute Gasteiger partial charge is 0.417 e. The lowest BCUT2D eigenvalue weighted by molar-refractivity contribution is -0.161. The normalized spacial score (nSPS) is 17.9.